The average molecular weight is 296 g/mol. The molecule has 3 nitrogen and oxygen atoms in total. The van der Waals surface area contributed by atoms with Gasteiger partial charge in [0.2, 0.25) is 0 Å². The summed E-state index contributed by atoms with van der Waals surface area (Å²) >= 11 is 0. The molecule has 2 aromatic carbocycles. The first-order valence-corrected chi connectivity index (χ1v) is 6.69. The van der Waals surface area contributed by atoms with Gasteiger partial charge in [0.15, 0.2) is 0 Å². The Balaban J connectivity index is 0.00000200. The van der Waals surface area contributed by atoms with Crippen LogP contribution in [0.25, 0.3) is 10.8 Å². The van der Waals surface area contributed by atoms with Crippen LogP contribution in [0.15, 0.2) is 36.4 Å². The lowest BCUT2D eigenvalue weighted by Gasteiger charge is -2.24. The zero-order chi connectivity index (χ0) is 14.0. The number of fused-ring (bicyclic) bond motifs is 1. The number of hydrogen-bond donors (Lipinski definition) is 3. The largest absolute Gasteiger partial charge is 0.508 e. The molecule has 0 aliphatic rings. The highest BCUT2D eigenvalue weighted by Gasteiger charge is 2.21. The number of aromatic hydroxyl groups is 1. The van der Waals surface area contributed by atoms with E-state index in [4.69, 9.17) is 5.73 Å². The minimum Gasteiger partial charge on any atom is -0.508 e. The van der Waals surface area contributed by atoms with Gasteiger partial charge in [-0.15, -0.1) is 12.4 Å². The van der Waals surface area contributed by atoms with E-state index in [2.05, 4.69) is 0 Å². The fourth-order valence-corrected chi connectivity index (χ4v) is 2.25. The molecule has 0 spiro atoms. The molecular weight excluding hydrogens is 274 g/mol. The highest BCUT2D eigenvalue weighted by Crippen LogP contribution is 2.26. The number of phenols is 1. The normalized spacial score (nSPS) is 15.4. The summed E-state index contributed by atoms with van der Waals surface area (Å²) in [6.07, 6.45) is 0.357. The van der Waals surface area contributed by atoms with Crippen molar-refractivity contribution in [1.29, 1.82) is 0 Å². The first kappa shape index (κ1) is 16.8. The van der Waals surface area contributed by atoms with Gasteiger partial charge in [-0.05, 0) is 40.5 Å². The van der Waals surface area contributed by atoms with Crippen molar-refractivity contribution in [3.8, 4) is 5.75 Å². The third kappa shape index (κ3) is 3.42. The smallest absolute Gasteiger partial charge is 0.116 e. The van der Waals surface area contributed by atoms with Gasteiger partial charge in [-0.2, -0.15) is 0 Å². The van der Waals surface area contributed by atoms with E-state index < -0.39 is 6.10 Å². The first-order valence-electron chi connectivity index (χ1n) is 6.69. The number of aliphatic hydroxyl groups is 1. The van der Waals surface area contributed by atoms with Crippen molar-refractivity contribution in [3.63, 3.8) is 0 Å². The van der Waals surface area contributed by atoms with Crippen LogP contribution in [0.2, 0.25) is 0 Å². The number of rotatable bonds is 4. The van der Waals surface area contributed by atoms with Gasteiger partial charge in [-0.3, -0.25) is 0 Å². The molecule has 0 fully saturated rings. The van der Waals surface area contributed by atoms with Crippen LogP contribution >= 0.6 is 12.4 Å². The van der Waals surface area contributed by atoms with E-state index in [0.717, 1.165) is 22.8 Å². The first-order chi connectivity index (χ1) is 9.02. The van der Waals surface area contributed by atoms with Gasteiger partial charge in [0, 0.05) is 0 Å². The van der Waals surface area contributed by atoms with Gasteiger partial charge in [0.25, 0.3) is 0 Å². The van der Waals surface area contributed by atoms with Crippen molar-refractivity contribution in [2.45, 2.75) is 32.4 Å². The zero-order valence-electron chi connectivity index (χ0n) is 11.8. The van der Waals surface area contributed by atoms with Crippen LogP contribution in [0.3, 0.4) is 0 Å². The molecule has 2 aromatic rings. The van der Waals surface area contributed by atoms with Gasteiger partial charge in [-0.1, -0.05) is 38.5 Å². The van der Waals surface area contributed by atoms with Crippen molar-refractivity contribution in [3.05, 3.63) is 42.0 Å². The summed E-state index contributed by atoms with van der Waals surface area (Å²) in [4.78, 5) is 0. The van der Waals surface area contributed by atoms with E-state index in [9.17, 15) is 10.2 Å². The Morgan fingerprint density at radius 2 is 1.70 bits per heavy atom. The summed E-state index contributed by atoms with van der Waals surface area (Å²) in [7, 11) is 0. The molecule has 110 valence electrons. The van der Waals surface area contributed by atoms with Gasteiger partial charge in [-0.25, -0.2) is 0 Å². The maximum Gasteiger partial charge on any atom is 0.116 e. The zero-order valence-corrected chi connectivity index (χ0v) is 12.6. The van der Waals surface area contributed by atoms with Crippen molar-refractivity contribution in [2.75, 3.05) is 0 Å². The number of nitrogens with two attached hydrogens (primary N) is 1. The maximum atomic E-state index is 10.2. The molecule has 1 unspecified atom stereocenters. The lowest BCUT2D eigenvalue weighted by molar-refractivity contribution is 0.0880. The Morgan fingerprint density at radius 1 is 1.10 bits per heavy atom. The monoisotopic (exact) mass is 295 g/mol. The summed E-state index contributed by atoms with van der Waals surface area (Å²) in [5.74, 6) is 0.426. The third-order valence-corrected chi connectivity index (χ3v) is 3.83. The van der Waals surface area contributed by atoms with Gasteiger partial charge >= 0.3 is 0 Å². The molecule has 0 radical (unpaired) electrons. The number of aliphatic hydroxyl groups excluding tert-OH is 1. The van der Waals surface area contributed by atoms with Gasteiger partial charge in [0.1, 0.15) is 5.75 Å². The number of benzene rings is 2. The summed E-state index contributed by atoms with van der Waals surface area (Å²) in [6, 6.07) is 10.7. The lowest BCUT2D eigenvalue weighted by Crippen LogP contribution is -2.31. The van der Waals surface area contributed by atoms with E-state index in [1.807, 2.05) is 38.1 Å². The number of halogens is 1. The minimum atomic E-state index is -0.542. The summed E-state index contributed by atoms with van der Waals surface area (Å²) in [5.41, 5.74) is 7.06. The second kappa shape index (κ2) is 6.93. The average Bonchev–Trinajstić information content (AvgIpc) is 2.44. The highest BCUT2D eigenvalue weighted by molar-refractivity contribution is 5.85. The molecule has 0 aliphatic carbocycles. The van der Waals surface area contributed by atoms with E-state index >= 15 is 0 Å². The van der Waals surface area contributed by atoms with Crippen molar-refractivity contribution < 1.29 is 10.2 Å². The molecule has 20 heavy (non-hydrogen) atoms. The van der Waals surface area contributed by atoms with Gasteiger partial charge in [0.05, 0.1) is 12.1 Å². The molecule has 3 atom stereocenters. The molecule has 0 heterocycles. The Labute approximate surface area is 125 Å². The van der Waals surface area contributed by atoms with Crippen molar-refractivity contribution >= 4 is 23.2 Å². The third-order valence-electron chi connectivity index (χ3n) is 3.83. The molecular formula is C16H22ClNO2. The highest BCUT2D eigenvalue weighted by atomic mass is 35.5. The molecule has 0 bridgehead atoms. The molecule has 0 aromatic heterocycles. The SMILES string of the molecule is CCC(C)[C@H](O)[C@H](N)c1ccc2cc(O)ccc2c1.Cl. The van der Waals surface area contributed by atoms with Crippen molar-refractivity contribution in [2.24, 2.45) is 11.7 Å². The molecule has 0 amide bonds. The predicted octanol–water partition coefficient (Wildman–Crippen LogP) is 3.37. The van der Waals surface area contributed by atoms with Crippen LogP contribution in [-0.4, -0.2) is 16.3 Å². The van der Waals surface area contributed by atoms with Crippen LogP contribution < -0.4 is 5.73 Å². The molecule has 2 rings (SSSR count). The molecule has 4 N–H and O–H groups in total. The minimum absolute atomic E-state index is 0. The van der Waals surface area contributed by atoms with Gasteiger partial charge < -0.3 is 15.9 Å². The molecule has 4 heteroatoms. The number of phenolic OH excluding ortho intramolecular Hbond substituents is 1. The predicted molar refractivity (Wildman–Crippen MR) is 85.3 cm³/mol. The fourth-order valence-electron chi connectivity index (χ4n) is 2.25. The van der Waals surface area contributed by atoms with E-state index in [-0.39, 0.29) is 30.1 Å². The quantitative estimate of drug-likeness (QED) is 0.810. The Hall–Kier alpha value is -1.29. The Kier molecular flexibility index (Phi) is 5.81. The second-order valence-electron chi connectivity index (χ2n) is 5.19. The summed E-state index contributed by atoms with van der Waals surface area (Å²) in [6.45, 7) is 4.05. The van der Waals surface area contributed by atoms with Crippen LogP contribution in [0, 0.1) is 5.92 Å². The molecule has 0 saturated carbocycles. The summed E-state index contributed by atoms with van der Waals surface area (Å²) < 4.78 is 0. The van der Waals surface area contributed by atoms with Crippen LogP contribution in [0.5, 0.6) is 5.75 Å². The van der Waals surface area contributed by atoms with Crippen LogP contribution in [-0.2, 0) is 0 Å². The van der Waals surface area contributed by atoms with E-state index in [1.165, 1.54) is 0 Å². The standard InChI is InChI=1S/C16H21NO2.ClH/c1-3-10(2)16(19)15(17)13-5-4-12-9-14(18)7-6-11(12)8-13;/h4-10,15-16,18-19H,3,17H2,1-2H3;1H/t10?,15-,16+;/m1./s1. The van der Waals surface area contributed by atoms with E-state index in [0.29, 0.717) is 0 Å². The fraction of sp³-hybridized carbons (Fsp3) is 0.375. The second-order valence-corrected chi connectivity index (χ2v) is 5.19. The van der Waals surface area contributed by atoms with Crippen LogP contribution in [0.4, 0.5) is 0 Å². The Morgan fingerprint density at radius 3 is 2.35 bits per heavy atom. The molecule has 0 saturated heterocycles. The topological polar surface area (TPSA) is 66.5 Å². The molecule has 0 aliphatic heterocycles. The Bertz CT molecular complexity index is 573. The summed E-state index contributed by atoms with van der Waals surface area (Å²) in [5, 5.41) is 21.6. The number of hydrogen-bond acceptors (Lipinski definition) is 3. The lowest BCUT2D eigenvalue weighted by atomic mass is 9.90. The maximum absolute atomic E-state index is 10.2. The van der Waals surface area contributed by atoms with Crippen molar-refractivity contribution in [1.82, 2.24) is 0 Å². The van der Waals surface area contributed by atoms with E-state index in [1.54, 1.807) is 12.1 Å². The van der Waals surface area contributed by atoms with Crippen LogP contribution in [0.1, 0.15) is 31.9 Å².